The molecule has 0 amide bonds. The zero-order chi connectivity index (χ0) is 14.8. The molecule has 20 heavy (non-hydrogen) atoms. The Balaban J connectivity index is 1.79. The maximum Gasteiger partial charge on any atom is 0.573 e. The van der Waals surface area contributed by atoms with E-state index in [0.717, 1.165) is 12.1 Å². The Morgan fingerprint density at radius 3 is 2.25 bits per heavy atom. The molecule has 2 nitrogen and oxygen atoms in total. The second-order valence-electron chi connectivity index (χ2n) is 5.81. The zero-order valence-corrected chi connectivity index (χ0v) is 11.8. The van der Waals surface area contributed by atoms with E-state index in [1.807, 2.05) is 0 Å². The second kappa shape index (κ2) is 5.64. The van der Waals surface area contributed by atoms with Crippen LogP contribution in [0.3, 0.4) is 0 Å². The fourth-order valence-electron chi connectivity index (χ4n) is 2.38. The monoisotopic (exact) mass is 287 g/mol. The minimum Gasteiger partial charge on any atom is -0.406 e. The van der Waals surface area contributed by atoms with Crippen LogP contribution in [0.25, 0.3) is 0 Å². The summed E-state index contributed by atoms with van der Waals surface area (Å²) in [4.78, 5) is 0. The molecule has 5 heteroatoms. The Kier molecular flexibility index (Phi) is 4.28. The number of alkyl halides is 3. The van der Waals surface area contributed by atoms with Gasteiger partial charge in [-0.05, 0) is 41.9 Å². The van der Waals surface area contributed by atoms with Crippen LogP contribution in [-0.2, 0) is 6.54 Å². The average molecular weight is 287 g/mol. The third-order valence-electron chi connectivity index (χ3n) is 4.08. The van der Waals surface area contributed by atoms with Crippen molar-refractivity contribution in [2.75, 3.05) is 6.54 Å². The summed E-state index contributed by atoms with van der Waals surface area (Å²) in [5, 5.41) is 3.39. The summed E-state index contributed by atoms with van der Waals surface area (Å²) in [5.41, 5.74) is 1.39. The Bertz CT molecular complexity index is 435. The van der Waals surface area contributed by atoms with Crippen LogP contribution in [0.15, 0.2) is 24.3 Å². The van der Waals surface area contributed by atoms with Crippen molar-refractivity contribution in [1.29, 1.82) is 0 Å². The van der Waals surface area contributed by atoms with Gasteiger partial charge in [-0.3, -0.25) is 0 Å². The van der Waals surface area contributed by atoms with Crippen LogP contribution in [0, 0.1) is 11.3 Å². The first kappa shape index (κ1) is 15.2. The third kappa shape index (κ3) is 4.13. The van der Waals surface area contributed by atoms with Gasteiger partial charge in [-0.1, -0.05) is 26.0 Å². The Morgan fingerprint density at radius 1 is 1.20 bits per heavy atom. The molecule has 1 aliphatic rings. The summed E-state index contributed by atoms with van der Waals surface area (Å²) in [7, 11) is 0. The van der Waals surface area contributed by atoms with Crippen LogP contribution in [-0.4, -0.2) is 12.9 Å². The lowest BCUT2D eigenvalue weighted by Crippen LogP contribution is -2.27. The molecule has 0 aromatic heterocycles. The molecule has 1 N–H and O–H groups in total. The van der Waals surface area contributed by atoms with Crippen molar-refractivity contribution in [1.82, 2.24) is 5.32 Å². The van der Waals surface area contributed by atoms with Gasteiger partial charge >= 0.3 is 6.36 Å². The first-order valence-corrected chi connectivity index (χ1v) is 6.86. The minimum absolute atomic E-state index is 0.179. The van der Waals surface area contributed by atoms with Gasteiger partial charge in [0.2, 0.25) is 0 Å². The molecule has 1 aromatic carbocycles. The molecule has 1 fully saturated rings. The molecule has 0 heterocycles. The molecule has 112 valence electrons. The molecule has 1 aromatic rings. The maximum atomic E-state index is 12.0. The SMILES string of the molecule is CC(C)C1(CNCc2ccc(OC(F)(F)F)cc2)CC1. The van der Waals surface area contributed by atoms with Gasteiger partial charge < -0.3 is 10.1 Å². The third-order valence-corrected chi connectivity index (χ3v) is 4.08. The smallest absolute Gasteiger partial charge is 0.406 e. The maximum absolute atomic E-state index is 12.0. The van der Waals surface area contributed by atoms with Gasteiger partial charge in [-0.15, -0.1) is 13.2 Å². The zero-order valence-electron chi connectivity index (χ0n) is 11.8. The highest BCUT2D eigenvalue weighted by Crippen LogP contribution is 2.51. The summed E-state index contributed by atoms with van der Waals surface area (Å²) >= 11 is 0. The van der Waals surface area contributed by atoms with E-state index in [1.165, 1.54) is 25.0 Å². The van der Waals surface area contributed by atoms with Crippen LogP contribution >= 0.6 is 0 Å². The largest absolute Gasteiger partial charge is 0.573 e. The first-order valence-electron chi connectivity index (χ1n) is 6.86. The molecule has 0 radical (unpaired) electrons. The van der Waals surface area contributed by atoms with Gasteiger partial charge in [0.25, 0.3) is 0 Å². The van der Waals surface area contributed by atoms with E-state index in [0.29, 0.717) is 17.9 Å². The number of halogens is 3. The lowest BCUT2D eigenvalue weighted by molar-refractivity contribution is -0.274. The highest BCUT2D eigenvalue weighted by Gasteiger charge is 2.44. The van der Waals surface area contributed by atoms with E-state index in [4.69, 9.17) is 0 Å². The van der Waals surface area contributed by atoms with Crippen molar-refractivity contribution < 1.29 is 17.9 Å². The number of nitrogens with one attached hydrogen (secondary N) is 1. The van der Waals surface area contributed by atoms with Crippen molar-refractivity contribution >= 4 is 0 Å². The number of benzene rings is 1. The van der Waals surface area contributed by atoms with E-state index < -0.39 is 6.36 Å². The summed E-state index contributed by atoms with van der Waals surface area (Å²) in [6, 6.07) is 6.01. The van der Waals surface area contributed by atoms with Crippen molar-refractivity contribution in [3.8, 4) is 5.75 Å². The van der Waals surface area contributed by atoms with Gasteiger partial charge in [0.05, 0.1) is 0 Å². The Labute approximate surface area is 117 Å². The van der Waals surface area contributed by atoms with Crippen molar-refractivity contribution in [2.45, 2.75) is 39.6 Å². The highest BCUT2D eigenvalue weighted by atomic mass is 19.4. The predicted molar refractivity (Wildman–Crippen MR) is 71.3 cm³/mol. The number of rotatable bonds is 6. The lowest BCUT2D eigenvalue weighted by Gasteiger charge is -2.20. The van der Waals surface area contributed by atoms with E-state index in [9.17, 15) is 13.2 Å². The van der Waals surface area contributed by atoms with Crippen LogP contribution in [0.2, 0.25) is 0 Å². The van der Waals surface area contributed by atoms with Gasteiger partial charge in [0.15, 0.2) is 0 Å². The second-order valence-corrected chi connectivity index (χ2v) is 5.81. The molecular formula is C15H20F3NO. The van der Waals surface area contributed by atoms with Crippen LogP contribution in [0.5, 0.6) is 5.75 Å². The van der Waals surface area contributed by atoms with E-state index in [2.05, 4.69) is 23.9 Å². The normalized spacial score (nSPS) is 17.3. The van der Waals surface area contributed by atoms with E-state index in [-0.39, 0.29) is 5.75 Å². The summed E-state index contributed by atoms with van der Waals surface area (Å²) in [5.74, 6) is 0.486. The van der Waals surface area contributed by atoms with Crippen molar-refractivity contribution in [2.24, 2.45) is 11.3 Å². The van der Waals surface area contributed by atoms with E-state index in [1.54, 1.807) is 12.1 Å². The van der Waals surface area contributed by atoms with Gasteiger partial charge in [-0.2, -0.15) is 0 Å². The van der Waals surface area contributed by atoms with Crippen LogP contribution in [0.1, 0.15) is 32.3 Å². The van der Waals surface area contributed by atoms with Crippen LogP contribution in [0.4, 0.5) is 13.2 Å². The molecule has 0 bridgehead atoms. The molecule has 2 rings (SSSR count). The molecule has 0 atom stereocenters. The molecular weight excluding hydrogens is 267 g/mol. The summed E-state index contributed by atoms with van der Waals surface area (Å²) < 4.78 is 39.9. The molecule has 1 aliphatic carbocycles. The Hall–Kier alpha value is -1.23. The number of ether oxygens (including phenoxy) is 1. The highest BCUT2D eigenvalue weighted by molar-refractivity contribution is 5.27. The standard InChI is InChI=1S/C15H20F3NO/c1-11(2)14(7-8-14)10-19-9-12-3-5-13(6-4-12)20-15(16,17)18/h3-6,11,19H,7-10H2,1-2H3. The first-order chi connectivity index (χ1) is 9.31. The molecule has 0 aliphatic heterocycles. The summed E-state index contributed by atoms with van der Waals surface area (Å²) in [6.45, 7) is 6.10. The van der Waals surface area contributed by atoms with Crippen LogP contribution < -0.4 is 10.1 Å². The van der Waals surface area contributed by atoms with Crippen molar-refractivity contribution in [3.63, 3.8) is 0 Å². The van der Waals surface area contributed by atoms with Gasteiger partial charge in [-0.25, -0.2) is 0 Å². The molecule has 0 spiro atoms. The Morgan fingerprint density at radius 2 is 1.80 bits per heavy atom. The fourth-order valence-corrected chi connectivity index (χ4v) is 2.38. The van der Waals surface area contributed by atoms with E-state index >= 15 is 0 Å². The summed E-state index contributed by atoms with van der Waals surface area (Å²) in [6.07, 6.45) is -2.11. The fraction of sp³-hybridized carbons (Fsp3) is 0.600. The average Bonchev–Trinajstić information content (AvgIpc) is 3.11. The number of hydrogen-bond donors (Lipinski definition) is 1. The van der Waals surface area contributed by atoms with Gasteiger partial charge in [0.1, 0.15) is 5.75 Å². The minimum atomic E-state index is -4.63. The molecule has 0 saturated heterocycles. The lowest BCUT2D eigenvalue weighted by atomic mass is 9.92. The molecule has 1 saturated carbocycles. The quantitative estimate of drug-likeness (QED) is 0.850. The topological polar surface area (TPSA) is 21.3 Å². The van der Waals surface area contributed by atoms with Crippen molar-refractivity contribution in [3.05, 3.63) is 29.8 Å². The number of hydrogen-bond acceptors (Lipinski definition) is 2. The predicted octanol–water partition coefficient (Wildman–Crippen LogP) is 4.11. The van der Waals surface area contributed by atoms with Gasteiger partial charge in [0, 0.05) is 13.1 Å². The molecule has 0 unspecified atom stereocenters.